The number of pyridine rings is 1. The van der Waals surface area contributed by atoms with Crippen LogP contribution >= 0.6 is 0 Å². The largest absolute Gasteiger partial charge is 0.481 e. The molecule has 0 aromatic carbocycles. The molecule has 0 amide bonds. The van der Waals surface area contributed by atoms with Gasteiger partial charge in [-0.15, -0.1) is 0 Å². The third-order valence-electron chi connectivity index (χ3n) is 2.64. The van der Waals surface area contributed by atoms with Crippen LogP contribution in [0.25, 0.3) is 0 Å². The molecule has 1 rings (SSSR count). The number of aromatic nitrogens is 1. The molecule has 4 heteroatoms. The van der Waals surface area contributed by atoms with Crippen molar-refractivity contribution in [1.82, 2.24) is 9.88 Å². The van der Waals surface area contributed by atoms with Crippen LogP contribution in [0.1, 0.15) is 19.4 Å². The summed E-state index contributed by atoms with van der Waals surface area (Å²) in [6.45, 7) is 6.46. The number of rotatable bonds is 6. The fraction of sp³-hybridized carbons (Fsp3) is 0.538. The van der Waals surface area contributed by atoms with Crippen molar-refractivity contribution in [3.63, 3.8) is 0 Å². The van der Waals surface area contributed by atoms with Gasteiger partial charge in [0, 0.05) is 24.8 Å². The van der Waals surface area contributed by atoms with E-state index in [2.05, 4.69) is 22.9 Å². The second kappa shape index (κ2) is 6.87. The van der Waals surface area contributed by atoms with Gasteiger partial charge in [-0.1, -0.05) is 13.0 Å². The average Bonchev–Trinajstić information content (AvgIpc) is 2.38. The van der Waals surface area contributed by atoms with Crippen LogP contribution in [0.5, 0.6) is 5.88 Å². The Bertz CT molecular complexity index is 386. The molecule has 0 aliphatic carbocycles. The molecule has 17 heavy (non-hydrogen) atoms. The molecule has 4 nitrogen and oxygen atoms in total. The van der Waals surface area contributed by atoms with Gasteiger partial charge in [-0.05, 0) is 19.5 Å². The summed E-state index contributed by atoms with van der Waals surface area (Å²) in [6.07, 6.45) is 1.72. The van der Waals surface area contributed by atoms with Crippen molar-refractivity contribution >= 4 is 0 Å². The van der Waals surface area contributed by atoms with Gasteiger partial charge in [0.15, 0.2) is 0 Å². The Kier molecular flexibility index (Phi) is 5.44. The minimum atomic E-state index is 0.0395. The molecule has 1 atom stereocenters. The molecule has 1 unspecified atom stereocenters. The standard InChI is InChI=1S/C13H19N3O/c1-4-16(9-11(2)8-14)10-12-6-5-7-15-13(12)17-3/h5-7,11H,4,9-10H2,1-3H3. The predicted molar refractivity (Wildman–Crippen MR) is 66.5 cm³/mol. The van der Waals surface area contributed by atoms with Gasteiger partial charge < -0.3 is 4.74 Å². The summed E-state index contributed by atoms with van der Waals surface area (Å²) in [5.74, 6) is 0.702. The maximum absolute atomic E-state index is 8.83. The maximum atomic E-state index is 8.83. The van der Waals surface area contributed by atoms with E-state index >= 15 is 0 Å². The van der Waals surface area contributed by atoms with Crippen LogP contribution in [0, 0.1) is 17.2 Å². The quantitative estimate of drug-likeness (QED) is 0.754. The van der Waals surface area contributed by atoms with Crippen LogP contribution in [0.15, 0.2) is 18.3 Å². The van der Waals surface area contributed by atoms with Gasteiger partial charge in [0.1, 0.15) is 0 Å². The highest BCUT2D eigenvalue weighted by molar-refractivity contribution is 5.25. The monoisotopic (exact) mass is 233 g/mol. The zero-order valence-corrected chi connectivity index (χ0v) is 10.7. The van der Waals surface area contributed by atoms with Crippen molar-refractivity contribution in [3.8, 4) is 11.9 Å². The second-order valence-electron chi connectivity index (χ2n) is 4.03. The van der Waals surface area contributed by atoms with Crippen LogP contribution in [-0.2, 0) is 6.54 Å². The van der Waals surface area contributed by atoms with E-state index in [1.54, 1.807) is 13.3 Å². The van der Waals surface area contributed by atoms with E-state index in [4.69, 9.17) is 10.00 Å². The summed E-state index contributed by atoms with van der Waals surface area (Å²) in [6, 6.07) is 6.16. The van der Waals surface area contributed by atoms with Gasteiger partial charge in [-0.25, -0.2) is 4.98 Å². The number of ether oxygens (including phenoxy) is 1. The highest BCUT2D eigenvalue weighted by atomic mass is 16.5. The van der Waals surface area contributed by atoms with Gasteiger partial charge in [-0.2, -0.15) is 5.26 Å². The lowest BCUT2D eigenvalue weighted by Crippen LogP contribution is -2.27. The van der Waals surface area contributed by atoms with Gasteiger partial charge in [0.25, 0.3) is 0 Å². The molecule has 0 N–H and O–H groups in total. The van der Waals surface area contributed by atoms with E-state index in [0.717, 1.165) is 25.2 Å². The first-order chi connectivity index (χ1) is 8.21. The Balaban J connectivity index is 2.70. The molecule has 0 fully saturated rings. The minimum absolute atomic E-state index is 0.0395. The molecule has 0 radical (unpaired) electrons. The summed E-state index contributed by atoms with van der Waals surface area (Å²) in [5.41, 5.74) is 1.06. The lowest BCUT2D eigenvalue weighted by atomic mass is 10.1. The van der Waals surface area contributed by atoms with Crippen LogP contribution in [-0.4, -0.2) is 30.1 Å². The van der Waals surface area contributed by atoms with Crippen LogP contribution in [0.4, 0.5) is 0 Å². The molecule has 0 spiro atoms. The van der Waals surface area contributed by atoms with Crippen LogP contribution < -0.4 is 4.74 Å². The molecule has 1 aromatic heterocycles. The van der Waals surface area contributed by atoms with Gasteiger partial charge >= 0.3 is 0 Å². The summed E-state index contributed by atoms with van der Waals surface area (Å²) in [7, 11) is 1.63. The van der Waals surface area contributed by atoms with Crippen molar-refractivity contribution in [2.24, 2.45) is 5.92 Å². The zero-order chi connectivity index (χ0) is 12.7. The summed E-state index contributed by atoms with van der Waals surface area (Å²) < 4.78 is 5.22. The third-order valence-corrected chi connectivity index (χ3v) is 2.64. The summed E-state index contributed by atoms with van der Waals surface area (Å²) >= 11 is 0. The van der Waals surface area contributed by atoms with Crippen molar-refractivity contribution < 1.29 is 4.74 Å². The third kappa shape index (κ3) is 4.04. The first-order valence-corrected chi connectivity index (χ1v) is 5.81. The normalized spacial score (nSPS) is 12.2. The van der Waals surface area contributed by atoms with Gasteiger partial charge in [0.2, 0.25) is 5.88 Å². The number of nitriles is 1. The molecule has 0 saturated carbocycles. The molecule has 0 bridgehead atoms. The first-order valence-electron chi connectivity index (χ1n) is 5.81. The Morgan fingerprint density at radius 2 is 2.35 bits per heavy atom. The molecular weight excluding hydrogens is 214 g/mol. The van der Waals surface area contributed by atoms with Gasteiger partial charge in [0.05, 0.1) is 19.1 Å². The predicted octanol–water partition coefficient (Wildman–Crippen LogP) is 2.07. The number of nitrogens with zero attached hydrogens (tertiary/aromatic N) is 3. The lowest BCUT2D eigenvalue weighted by Gasteiger charge is -2.22. The zero-order valence-electron chi connectivity index (χ0n) is 10.7. The molecular formula is C13H19N3O. The first kappa shape index (κ1) is 13.5. The van der Waals surface area contributed by atoms with Crippen LogP contribution in [0.2, 0.25) is 0 Å². The molecule has 1 heterocycles. The van der Waals surface area contributed by atoms with Crippen molar-refractivity contribution in [2.45, 2.75) is 20.4 Å². The van der Waals surface area contributed by atoms with E-state index in [1.807, 2.05) is 19.1 Å². The Labute approximate surface area is 103 Å². The highest BCUT2D eigenvalue weighted by Gasteiger charge is 2.11. The maximum Gasteiger partial charge on any atom is 0.217 e. The van der Waals surface area contributed by atoms with E-state index in [0.29, 0.717) is 5.88 Å². The van der Waals surface area contributed by atoms with Crippen molar-refractivity contribution in [2.75, 3.05) is 20.2 Å². The Hall–Kier alpha value is -1.60. The Morgan fingerprint density at radius 1 is 1.59 bits per heavy atom. The van der Waals surface area contributed by atoms with E-state index < -0.39 is 0 Å². The number of hydrogen-bond donors (Lipinski definition) is 0. The second-order valence-corrected chi connectivity index (χ2v) is 4.03. The van der Waals surface area contributed by atoms with Crippen molar-refractivity contribution in [1.29, 1.82) is 5.26 Å². The van der Waals surface area contributed by atoms with E-state index in [9.17, 15) is 0 Å². The molecule has 1 aromatic rings. The SMILES string of the molecule is CCN(Cc1cccnc1OC)CC(C)C#N. The van der Waals surface area contributed by atoms with E-state index in [-0.39, 0.29) is 5.92 Å². The fourth-order valence-electron chi connectivity index (χ4n) is 1.70. The van der Waals surface area contributed by atoms with E-state index in [1.165, 1.54) is 0 Å². The topological polar surface area (TPSA) is 49.2 Å². The average molecular weight is 233 g/mol. The molecule has 92 valence electrons. The lowest BCUT2D eigenvalue weighted by molar-refractivity contribution is 0.255. The molecule has 0 saturated heterocycles. The summed E-state index contributed by atoms with van der Waals surface area (Å²) in [5, 5.41) is 8.83. The molecule has 0 aliphatic rings. The fourth-order valence-corrected chi connectivity index (χ4v) is 1.70. The molecule has 0 aliphatic heterocycles. The smallest absolute Gasteiger partial charge is 0.217 e. The van der Waals surface area contributed by atoms with Crippen molar-refractivity contribution in [3.05, 3.63) is 23.9 Å². The number of methoxy groups -OCH3 is 1. The Morgan fingerprint density at radius 3 is 2.94 bits per heavy atom. The van der Waals surface area contributed by atoms with Gasteiger partial charge in [-0.3, -0.25) is 4.90 Å². The minimum Gasteiger partial charge on any atom is -0.481 e. The summed E-state index contributed by atoms with van der Waals surface area (Å²) in [4.78, 5) is 6.39. The number of hydrogen-bond acceptors (Lipinski definition) is 4. The van der Waals surface area contributed by atoms with Crippen LogP contribution in [0.3, 0.4) is 0 Å². The highest BCUT2D eigenvalue weighted by Crippen LogP contribution is 2.16.